The average molecular weight is 330 g/mol. The maximum atomic E-state index is 12.7. The average Bonchev–Trinajstić information content (AvgIpc) is 2.95. The molecular formula is C13H18N2O4S2. The lowest BCUT2D eigenvalue weighted by atomic mass is 10.1. The van der Waals surface area contributed by atoms with Gasteiger partial charge >= 0.3 is 0 Å². The van der Waals surface area contributed by atoms with E-state index in [4.69, 9.17) is 0 Å². The van der Waals surface area contributed by atoms with Gasteiger partial charge < -0.3 is 10.4 Å². The van der Waals surface area contributed by atoms with Crippen molar-refractivity contribution in [2.24, 2.45) is 0 Å². The highest BCUT2D eigenvalue weighted by Gasteiger charge is 2.54. The number of amides is 1. The highest BCUT2D eigenvalue weighted by Crippen LogP contribution is 2.46. The van der Waals surface area contributed by atoms with Crippen LogP contribution in [-0.2, 0) is 10.0 Å². The van der Waals surface area contributed by atoms with Crippen molar-refractivity contribution in [1.82, 2.24) is 9.62 Å². The first-order valence-corrected chi connectivity index (χ1v) is 9.25. The van der Waals surface area contributed by atoms with Crippen molar-refractivity contribution in [3.63, 3.8) is 0 Å². The molecule has 1 aromatic heterocycles. The fraction of sp³-hybridized carbons (Fsp3) is 0.615. The summed E-state index contributed by atoms with van der Waals surface area (Å²) in [6, 6.07) is 1.08. The Kier molecular flexibility index (Phi) is 3.59. The molecule has 1 saturated carbocycles. The van der Waals surface area contributed by atoms with Gasteiger partial charge in [-0.05, 0) is 31.7 Å². The lowest BCUT2D eigenvalue weighted by molar-refractivity contribution is 0.0826. The van der Waals surface area contributed by atoms with Crippen molar-refractivity contribution in [3.05, 3.63) is 16.3 Å². The molecule has 116 valence electrons. The Morgan fingerprint density at radius 2 is 2.24 bits per heavy atom. The summed E-state index contributed by atoms with van der Waals surface area (Å²) in [7, 11) is -2.14. The Morgan fingerprint density at radius 3 is 2.86 bits per heavy atom. The lowest BCUT2D eigenvalue weighted by Crippen LogP contribution is -2.43. The fourth-order valence-electron chi connectivity index (χ4n) is 2.86. The zero-order valence-corrected chi connectivity index (χ0v) is 13.3. The minimum Gasteiger partial charge on any atom is -0.388 e. The lowest BCUT2D eigenvalue weighted by Gasteiger charge is -2.27. The third kappa shape index (κ3) is 2.50. The van der Waals surface area contributed by atoms with Crippen molar-refractivity contribution in [2.75, 3.05) is 13.6 Å². The molecule has 0 bridgehead atoms. The highest BCUT2D eigenvalue weighted by molar-refractivity contribution is 7.89. The van der Waals surface area contributed by atoms with Crippen molar-refractivity contribution < 1.29 is 18.3 Å². The molecule has 2 fully saturated rings. The molecule has 3 rings (SSSR count). The van der Waals surface area contributed by atoms with E-state index in [-0.39, 0.29) is 16.8 Å². The third-order valence-corrected chi connectivity index (χ3v) is 7.18. The Hall–Kier alpha value is -0.960. The van der Waals surface area contributed by atoms with Crippen LogP contribution in [0.3, 0.4) is 0 Å². The summed E-state index contributed by atoms with van der Waals surface area (Å²) >= 11 is 1.11. The van der Waals surface area contributed by atoms with Crippen LogP contribution in [0.1, 0.15) is 35.4 Å². The first kappa shape index (κ1) is 15.0. The number of carbonyl (C=O) groups is 1. The number of sulfonamides is 1. The van der Waals surface area contributed by atoms with E-state index in [1.54, 1.807) is 0 Å². The molecule has 1 aromatic rings. The van der Waals surface area contributed by atoms with Gasteiger partial charge in [0, 0.05) is 19.0 Å². The Labute approximate surface area is 127 Å². The van der Waals surface area contributed by atoms with Crippen molar-refractivity contribution in [1.29, 1.82) is 0 Å². The van der Waals surface area contributed by atoms with Crippen LogP contribution in [0.25, 0.3) is 0 Å². The van der Waals surface area contributed by atoms with E-state index >= 15 is 0 Å². The van der Waals surface area contributed by atoms with Crippen LogP contribution >= 0.6 is 11.3 Å². The highest BCUT2D eigenvalue weighted by atomic mass is 32.2. The molecule has 0 radical (unpaired) electrons. The molecule has 0 spiro atoms. The number of nitrogens with zero attached hydrogens (tertiary/aromatic N) is 1. The molecule has 2 aliphatic rings. The normalized spacial score (nSPS) is 25.0. The molecule has 21 heavy (non-hydrogen) atoms. The molecule has 2 N–H and O–H groups in total. The van der Waals surface area contributed by atoms with Crippen LogP contribution in [0.2, 0.25) is 0 Å². The van der Waals surface area contributed by atoms with E-state index in [1.165, 1.54) is 22.8 Å². The summed E-state index contributed by atoms with van der Waals surface area (Å²) in [4.78, 5) is 12.1. The first-order chi connectivity index (χ1) is 9.88. The maximum absolute atomic E-state index is 12.7. The Bertz CT molecular complexity index is 663. The molecule has 1 atom stereocenters. The number of thiophene rings is 1. The molecular weight excluding hydrogens is 312 g/mol. The molecule has 1 amide bonds. The van der Waals surface area contributed by atoms with Gasteiger partial charge in [-0.1, -0.05) is 0 Å². The van der Waals surface area contributed by atoms with Gasteiger partial charge in [0.25, 0.3) is 5.91 Å². The van der Waals surface area contributed by atoms with Gasteiger partial charge in [0.15, 0.2) is 0 Å². The van der Waals surface area contributed by atoms with Crippen molar-refractivity contribution in [3.8, 4) is 0 Å². The number of carbonyl (C=O) groups excluding carboxylic acids is 1. The van der Waals surface area contributed by atoms with Gasteiger partial charge in [0.05, 0.1) is 21.4 Å². The minimum absolute atomic E-state index is 0.141. The number of hydrogen-bond acceptors (Lipinski definition) is 5. The molecule has 1 unspecified atom stereocenters. The fourth-order valence-corrected chi connectivity index (χ4v) is 5.82. The predicted octanol–water partition coefficient (Wildman–Crippen LogP) is 0.786. The van der Waals surface area contributed by atoms with Gasteiger partial charge in [0.1, 0.15) is 0 Å². The number of nitrogens with one attached hydrogen (secondary N) is 1. The van der Waals surface area contributed by atoms with Crippen LogP contribution < -0.4 is 5.32 Å². The van der Waals surface area contributed by atoms with E-state index in [0.717, 1.165) is 17.8 Å². The summed E-state index contributed by atoms with van der Waals surface area (Å²) in [6.45, 7) is 0.431. The molecule has 1 aliphatic heterocycles. The minimum atomic E-state index is -3.65. The van der Waals surface area contributed by atoms with Crippen LogP contribution in [0.4, 0.5) is 0 Å². The molecule has 0 aromatic carbocycles. The van der Waals surface area contributed by atoms with E-state index in [2.05, 4.69) is 5.32 Å². The molecule has 1 saturated heterocycles. The second-order valence-electron chi connectivity index (χ2n) is 5.60. The Balaban J connectivity index is 1.89. The smallest absolute Gasteiger partial charge is 0.261 e. The van der Waals surface area contributed by atoms with E-state index in [1.807, 2.05) is 0 Å². The van der Waals surface area contributed by atoms with Gasteiger partial charge in [0.2, 0.25) is 10.0 Å². The quantitative estimate of drug-likeness (QED) is 0.854. The van der Waals surface area contributed by atoms with Crippen molar-refractivity contribution in [2.45, 2.75) is 42.2 Å². The molecule has 1 aliphatic carbocycles. The monoisotopic (exact) mass is 330 g/mol. The number of hydrogen-bond donors (Lipinski definition) is 2. The second kappa shape index (κ2) is 5.05. The zero-order valence-electron chi connectivity index (χ0n) is 11.7. The summed E-state index contributed by atoms with van der Waals surface area (Å²) in [5.41, 5.74) is -0.844. The summed E-state index contributed by atoms with van der Waals surface area (Å²) in [5, 5.41) is 14.2. The number of aliphatic hydroxyl groups is 1. The third-order valence-electron chi connectivity index (χ3n) is 4.22. The summed E-state index contributed by atoms with van der Waals surface area (Å²) < 4.78 is 26.9. The van der Waals surface area contributed by atoms with Crippen molar-refractivity contribution >= 4 is 27.3 Å². The van der Waals surface area contributed by atoms with Gasteiger partial charge in [-0.15, -0.1) is 11.3 Å². The van der Waals surface area contributed by atoms with E-state index in [9.17, 15) is 18.3 Å². The van der Waals surface area contributed by atoms with Gasteiger partial charge in [-0.3, -0.25) is 4.79 Å². The van der Waals surface area contributed by atoms with E-state index in [0.29, 0.717) is 30.7 Å². The zero-order chi connectivity index (χ0) is 15.3. The van der Waals surface area contributed by atoms with Crippen LogP contribution in [0.5, 0.6) is 0 Å². The number of rotatable bonds is 4. The summed E-state index contributed by atoms with van der Waals surface area (Å²) in [6.07, 6.45) is 2.79. The van der Waals surface area contributed by atoms with E-state index < -0.39 is 15.6 Å². The van der Waals surface area contributed by atoms with Gasteiger partial charge in [-0.2, -0.15) is 4.31 Å². The Morgan fingerprint density at radius 1 is 1.52 bits per heavy atom. The van der Waals surface area contributed by atoms with Crippen LogP contribution in [0, 0.1) is 0 Å². The van der Waals surface area contributed by atoms with Crippen LogP contribution in [-0.4, -0.2) is 49.0 Å². The SMILES string of the molecule is CNC(=O)c1cc(S(=O)(=O)N2CCCC2C2(O)CC2)cs1. The summed E-state index contributed by atoms with van der Waals surface area (Å²) in [5.74, 6) is -0.291. The molecule has 2 heterocycles. The first-order valence-electron chi connectivity index (χ1n) is 6.93. The van der Waals surface area contributed by atoms with Gasteiger partial charge in [-0.25, -0.2) is 8.42 Å². The second-order valence-corrected chi connectivity index (χ2v) is 8.40. The maximum Gasteiger partial charge on any atom is 0.261 e. The largest absolute Gasteiger partial charge is 0.388 e. The molecule has 6 nitrogen and oxygen atoms in total. The predicted molar refractivity (Wildman–Crippen MR) is 78.8 cm³/mol. The molecule has 8 heteroatoms. The topological polar surface area (TPSA) is 86.7 Å². The van der Waals surface area contributed by atoms with Crippen LogP contribution in [0.15, 0.2) is 16.3 Å². The standard InChI is InChI=1S/C13H18N2O4S2/c1-14-12(16)10-7-9(8-20-10)21(18,19)15-6-2-3-11(15)13(17)4-5-13/h7-8,11,17H,2-6H2,1H3,(H,14,16).